The van der Waals surface area contributed by atoms with Gasteiger partial charge in [0, 0.05) is 21.8 Å². The highest BCUT2D eigenvalue weighted by Crippen LogP contribution is 2.39. The van der Waals surface area contributed by atoms with Crippen molar-refractivity contribution in [1.29, 1.82) is 0 Å². The molecular weight excluding hydrogens is 234 g/mol. The van der Waals surface area contributed by atoms with Crippen LogP contribution in [0.1, 0.15) is 27.2 Å². The monoisotopic (exact) mass is 253 g/mol. The van der Waals surface area contributed by atoms with Crippen molar-refractivity contribution in [3.8, 4) is 5.75 Å². The third kappa shape index (κ3) is 1.63. The molecule has 0 saturated carbocycles. The molecule has 0 bridgehead atoms. The summed E-state index contributed by atoms with van der Waals surface area (Å²) in [6.45, 7) is 6.68. The van der Waals surface area contributed by atoms with Crippen LogP contribution in [0.4, 0.5) is 0 Å². The third-order valence-corrected chi connectivity index (χ3v) is 4.15. The van der Waals surface area contributed by atoms with Crippen LogP contribution < -0.4 is 0 Å². The third-order valence-electron chi connectivity index (χ3n) is 4.15. The number of fused-ring (bicyclic) bond motifs is 3. The lowest BCUT2D eigenvalue weighted by atomic mass is 10.0. The number of hydrogen-bond acceptors (Lipinski definition) is 1. The predicted octanol–water partition coefficient (Wildman–Crippen LogP) is 4.65. The number of para-hydroxylation sites is 1. The van der Waals surface area contributed by atoms with Crippen LogP contribution in [0.3, 0.4) is 0 Å². The van der Waals surface area contributed by atoms with E-state index in [1.165, 1.54) is 5.52 Å². The number of hydrogen-bond donors (Lipinski definition) is 1. The van der Waals surface area contributed by atoms with E-state index < -0.39 is 0 Å². The highest BCUT2D eigenvalue weighted by Gasteiger charge is 2.23. The second kappa shape index (κ2) is 4.02. The van der Waals surface area contributed by atoms with Crippen LogP contribution in [0.2, 0.25) is 0 Å². The van der Waals surface area contributed by atoms with Gasteiger partial charge < -0.3 is 9.67 Å². The van der Waals surface area contributed by atoms with Crippen molar-refractivity contribution in [3.05, 3.63) is 42.5 Å². The molecule has 98 valence electrons. The summed E-state index contributed by atoms with van der Waals surface area (Å²) < 4.78 is 2.34. The molecule has 3 rings (SSSR count). The maximum Gasteiger partial charge on any atom is 0.125 e. The van der Waals surface area contributed by atoms with Crippen molar-refractivity contribution < 1.29 is 5.11 Å². The van der Waals surface area contributed by atoms with Crippen LogP contribution >= 0.6 is 0 Å². The molecule has 2 heteroatoms. The lowest BCUT2D eigenvalue weighted by molar-refractivity contribution is 0.364. The van der Waals surface area contributed by atoms with Gasteiger partial charge in [0.15, 0.2) is 0 Å². The second-order valence-corrected chi connectivity index (χ2v) is 5.69. The Balaban J connectivity index is 2.57. The summed E-state index contributed by atoms with van der Waals surface area (Å²) in [5.41, 5.74) is 2.31. The molecule has 0 saturated heterocycles. The molecule has 3 aromatic rings. The Kier molecular flexibility index (Phi) is 2.56. The largest absolute Gasteiger partial charge is 0.507 e. The van der Waals surface area contributed by atoms with Crippen molar-refractivity contribution in [2.24, 2.45) is 0 Å². The van der Waals surface area contributed by atoms with E-state index in [1.807, 2.05) is 12.1 Å². The summed E-state index contributed by atoms with van der Waals surface area (Å²) in [6, 6.07) is 14.1. The molecule has 0 amide bonds. The molecule has 0 aliphatic carbocycles. The average molecular weight is 253 g/mol. The molecule has 19 heavy (non-hydrogen) atoms. The summed E-state index contributed by atoms with van der Waals surface area (Å²) in [4.78, 5) is 0. The van der Waals surface area contributed by atoms with Crippen LogP contribution in [0, 0.1) is 0 Å². The normalized spacial score (nSPS) is 12.4. The lowest BCUT2D eigenvalue weighted by Gasteiger charge is -2.27. The van der Waals surface area contributed by atoms with Gasteiger partial charge >= 0.3 is 0 Å². The molecule has 0 radical (unpaired) electrons. The second-order valence-electron chi connectivity index (χ2n) is 5.69. The van der Waals surface area contributed by atoms with E-state index >= 15 is 0 Å². The van der Waals surface area contributed by atoms with Crippen molar-refractivity contribution in [3.63, 3.8) is 0 Å². The Labute approximate surface area is 113 Å². The van der Waals surface area contributed by atoms with Crippen LogP contribution in [0.5, 0.6) is 5.75 Å². The van der Waals surface area contributed by atoms with E-state index in [-0.39, 0.29) is 5.54 Å². The van der Waals surface area contributed by atoms with Crippen LogP contribution in [0.25, 0.3) is 21.8 Å². The Morgan fingerprint density at radius 1 is 1.00 bits per heavy atom. The molecule has 1 N–H and O–H groups in total. The van der Waals surface area contributed by atoms with Crippen LogP contribution in [-0.2, 0) is 5.54 Å². The topological polar surface area (TPSA) is 25.2 Å². The smallest absolute Gasteiger partial charge is 0.125 e. The molecule has 0 aliphatic heterocycles. The summed E-state index contributed by atoms with van der Waals surface area (Å²) in [5, 5.41) is 12.3. The number of phenolic OH excluding ortho intramolecular Hbond substituents is 1. The first-order valence-corrected chi connectivity index (χ1v) is 6.78. The maximum absolute atomic E-state index is 10.2. The molecule has 0 fully saturated rings. The van der Waals surface area contributed by atoms with Crippen molar-refractivity contribution in [2.45, 2.75) is 32.7 Å². The first kappa shape index (κ1) is 12.1. The highest BCUT2D eigenvalue weighted by atomic mass is 16.3. The average Bonchev–Trinajstić information content (AvgIpc) is 2.75. The summed E-state index contributed by atoms with van der Waals surface area (Å²) in [7, 11) is 0. The number of phenols is 1. The first-order chi connectivity index (χ1) is 9.06. The molecule has 2 nitrogen and oxygen atoms in total. The van der Waals surface area contributed by atoms with Gasteiger partial charge in [-0.1, -0.05) is 31.2 Å². The minimum Gasteiger partial charge on any atom is -0.507 e. The van der Waals surface area contributed by atoms with Crippen molar-refractivity contribution in [1.82, 2.24) is 4.57 Å². The van der Waals surface area contributed by atoms with Gasteiger partial charge in [-0.25, -0.2) is 0 Å². The van der Waals surface area contributed by atoms with E-state index in [4.69, 9.17) is 0 Å². The number of aromatic nitrogens is 1. The Hall–Kier alpha value is -1.96. The lowest BCUT2D eigenvalue weighted by Crippen LogP contribution is -2.24. The molecule has 0 spiro atoms. The zero-order chi connectivity index (χ0) is 13.6. The van der Waals surface area contributed by atoms with E-state index in [0.29, 0.717) is 5.75 Å². The molecule has 0 atom stereocenters. The Bertz CT molecular complexity index is 752. The predicted molar refractivity (Wildman–Crippen MR) is 80.7 cm³/mol. The van der Waals surface area contributed by atoms with Crippen molar-refractivity contribution in [2.75, 3.05) is 0 Å². The standard InChI is InChI=1S/C17H19NO/c1-4-17(2,3)18-13-9-6-5-8-12(13)16-14(18)10-7-11-15(16)19/h5-11,19H,4H2,1-3H3. The molecule has 0 unspecified atom stereocenters. The zero-order valence-electron chi connectivity index (χ0n) is 11.6. The summed E-state index contributed by atoms with van der Waals surface area (Å²) >= 11 is 0. The number of benzene rings is 2. The minimum absolute atomic E-state index is 0.0230. The Morgan fingerprint density at radius 3 is 2.42 bits per heavy atom. The maximum atomic E-state index is 10.2. The molecule has 1 aromatic heterocycles. The van der Waals surface area contributed by atoms with Gasteiger partial charge in [0.1, 0.15) is 5.75 Å². The SMILES string of the molecule is CCC(C)(C)n1c2ccccc2c2c(O)cccc21. The van der Waals surface area contributed by atoms with Gasteiger partial charge in [-0.2, -0.15) is 0 Å². The zero-order valence-corrected chi connectivity index (χ0v) is 11.6. The quantitative estimate of drug-likeness (QED) is 0.706. The van der Waals surface area contributed by atoms with E-state index in [1.54, 1.807) is 6.07 Å². The number of aromatic hydroxyl groups is 1. The first-order valence-electron chi connectivity index (χ1n) is 6.78. The fraction of sp³-hybridized carbons (Fsp3) is 0.294. The summed E-state index contributed by atoms with van der Waals surface area (Å²) in [5.74, 6) is 0.361. The van der Waals surface area contributed by atoms with Gasteiger partial charge in [-0.05, 0) is 38.5 Å². The highest BCUT2D eigenvalue weighted by molar-refractivity contribution is 6.11. The van der Waals surface area contributed by atoms with E-state index in [0.717, 1.165) is 22.7 Å². The van der Waals surface area contributed by atoms with Crippen LogP contribution in [0.15, 0.2) is 42.5 Å². The van der Waals surface area contributed by atoms with Crippen LogP contribution in [-0.4, -0.2) is 9.67 Å². The summed E-state index contributed by atoms with van der Waals surface area (Å²) in [6.07, 6.45) is 1.04. The van der Waals surface area contributed by atoms with Gasteiger partial charge in [-0.15, -0.1) is 0 Å². The van der Waals surface area contributed by atoms with Gasteiger partial charge in [0.05, 0.1) is 5.52 Å². The molecule has 0 aliphatic rings. The van der Waals surface area contributed by atoms with E-state index in [9.17, 15) is 5.11 Å². The van der Waals surface area contributed by atoms with Gasteiger partial charge in [0.2, 0.25) is 0 Å². The number of rotatable bonds is 2. The number of nitrogens with zero attached hydrogens (tertiary/aromatic N) is 1. The van der Waals surface area contributed by atoms with E-state index in [2.05, 4.69) is 49.6 Å². The molecule has 1 heterocycles. The fourth-order valence-electron chi connectivity index (χ4n) is 2.81. The van der Waals surface area contributed by atoms with Gasteiger partial charge in [-0.3, -0.25) is 0 Å². The van der Waals surface area contributed by atoms with Crippen molar-refractivity contribution >= 4 is 21.8 Å². The molecular formula is C17H19NO. The van der Waals surface area contributed by atoms with Gasteiger partial charge in [0.25, 0.3) is 0 Å². The fourth-order valence-corrected chi connectivity index (χ4v) is 2.81. The minimum atomic E-state index is 0.0230. The molecule has 2 aromatic carbocycles. The Morgan fingerprint density at radius 2 is 1.68 bits per heavy atom.